The third-order valence-corrected chi connectivity index (χ3v) is 5.02. The van der Waals surface area contributed by atoms with Gasteiger partial charge in [0.2, 0.25) is 5.69 Å². The van der Waals surface area contributed by atoms with E-state index in [0.717, 1.165) is 0 Å². The molecule has 194 valence electrons. The Hall–Kier alpha value is -3.88. The summed E-state index contributed by atoms with van der Waals surface area (Å²) >= 11 is 0. The summed E-state index contributed by atoms with van der Waals surface area (Å²) in [5, 5.41) is 10.9. The number of rotatable bonds is 4. The number of carbonyl (C=O) groups is 2. The van der Waals surface area contributed by atoms with Gasteiger partial charge < -0.3 is 20.0 Å². The lowest BCUT2D eigenvalue weighted by Gasteiger charge is -2.21. The number of pyridine rings is 2. The summed E-state index contributed by atoms with van der Waals surface area (Å²) in [6, 6.07) is 5.85. The van der Waals surface area contributed by atoms with Crippen molar-refractivity contribution in [3.8, 4) is 0 Å². The Balaban J connectivity index is 0.000000454. The molecule has 0 aliphatic carbocycles. The van der Waals surface area contributed by atoms with Gasteiger partial charge in [-0.2, -0.15) is 26.3 Å². The van der Waals surface area contributed by atoms with Crippen molar-refractivity contribution in [3.63, 3.8) is 0 Å². The predicted molar refractivity (Wildman–Crippen MR) is 107 cm³/mol. The van der Waals surface area contributed by atoms with Crippen LogP contribution in [-0.4, -0.2) is 55.5 Å². The van der Waals surface area contributed by atoms with Gasteiger partial charge in [-0.1, -0.05) is 6.07 Å². The number of nitrogens with zero attached hydrogens (tertiary/aromatic N) is 2. The minimum atomic E-state index is -5.19. The van der Waals surface area contributed by atoms with Crippen LogP contribution < -0.4 is 24.7 Å². The molecule has 3 aromatic heterocycles. The van der Waals surface area contributed by atoms with E-state index in [-0.39, 0.29) is 11.3 Å². The number of halogens is 6. The van der Waals surface area contributed by atoms with Gasteiger partial charge in [0.05, 0.1) is 32.5 Å². The van der Waals surface area contributed by atoms with Crippen molar-refractivity contribution in [1.82, 2.24) is 10.3 Å². The molecule has 1 aliphatic rings. The topological polar surface area (TPSA) is 116 Å². The number of nitrogens with one attached hydrogen (secondary N) is 3. The number of alkyl halides is 6. The molecule has 0 radical (unpaired) electrons. The number of hydrogen-bond acceptors (Lipinski definition) is 5. The van der Waals surface area contributed by atoms with Crippen molar-refractivity contribution in [2.24, 2.45) is 0 Å². The lowest BCUT2D eigenvalue weighted by atomic mass is 10.1. The number of aromatic amines is 2. The maximum atomic E-state index is 13.6. The van der Waals surface area contributed by atoms with Gasteiger partial charge in [-0.25, -0.2) is 14.4 Å². The number of hydrogen-bond donors (Lipinski definition) is 2. The molecule has 1 atom stereocenters. The van der Waals surface area contributed by atoms with Crippen molar-refractivity contribution in [2.75, 3.05) is 31.2 Å². The van der Waals surface area contributed by atoms with Crippen LogP contribution in [0.25, 0.3) is 5.52 Å². The first-order chi connectivity index (χ1) is 16.9. The molecule has 3 N–H and O–H groups in total. The van der Waals surface area contributed by atoms with Crippen LogP contribution >= 0.6 is 0 Å². The lowest BCUT2D eigenvalue weighted by Crippen LogP contribution is -2.41. The average Bonchev–Trinajstić information content (AvgIpc) is 3.22. The molecular formula is C21H20F6N5O4+. The second-order valence-electron chi connectivity index (χ2n) is 7.45. The summed E-state index contributed by atoms with van der Waals surface area (Å²) < 4.78 is 79.5. The van der Waals surface area contributed by atoms with Crippen LogP contribution in [0.5, 0.6) is 0 Å². The van der Waals surface area contributed by atoms with E-state index >= 15 is 0 Å². The van der Waals surface area contributed by atoms with Crippen molar-refractivity contribution in [3.05, 3.63) is 60.2 Å². The molecule has 1 fully saturated rings. The molecule has 1 aliphatic heterocycles. The number of aromatic nitrogens is 3. The Kier molecular flexibility index (Phi) is 8.02. The number of carboxylic acids is 1. The fraction of sp³-hybridized carbons (Fsp3) is 0.333. The Morgan fingerprint density at radius 2 is 1.78 bits per heavy atom. The highest BCUT2D eigenvalue weighted by molar-refractivity contribution is 5.98. The van der Waals surface area contributed by atoms with E-state index in [9.17, 15) is 31.1 Å². The first kappa shape index (κ1) is 26.7. The molecule has 0 aromatic carbocycles. The van der Waals surface area contributed by atoms with Gasteiger partial charge in [0.25, 0.3) is 5.91 Å². The summed E-state index contributed by atoms with van der Waals surface area (Å²) in [4.78, 5) is 29.3. The molecule has 36 heavy (non-hydrogen) atoms. The molecule has 3 aromatic rings. The standard InChI is InChI=1S/C19H18F3N5O2.C2HF3O2/c20-19(21,22)16(13-4-3-6-23-12-13)25-17(28)15-14-5-1-2-7-27(14)18(24-15)26-8-10-29-11-9-26;3-2(4,5)1(6)7/h1-7,12,16H,8-11H2,(H,25,28);(H,6,7)/p+1. The van der Waals surface area contributed by atoms with Crippen LogP contribution in [0.1, 0.15) is 22.1 Å². The fourth-order valence-electron chi connectivity index (χ4n) is 3.39. The number of imidazole rings is 1. The Morgan fingerprint density at radius 1 is 1.11 bits per heavy atom. The van der Waals surface area contributed by atoms with Crippen molar-refractivity contribution in [2.45, 2.75) is 18.4 Å². The average molecular weight is 520 g/mol. The number of carbonyl (C=O) groups excluding carboxylic acids is 2. The molecule has 4 heterocycles. The largest absolute Gasteiger partial charge is 0.542 e. The Labute approximate surface area is 199 Å². The van der Waals surface area contributed by atoms with E-state index in [2.05, 4.69) is 15.3 Å². The van der Waals surface area contributed by atoms with Crippen molar-refractivity contribution >= 4 is 23.3 Å². The number of amides is 1. The zero-order valence-electron chi connectivity index (χ0n) is 18.3. The van der Waals surface area contributed by atoms with E-state index in [0.29, 0.717) is 37.8 Å². The molecule has 9 nitrogen and oxygen atoms in total. The highest BCUT2D eigenvalue weighted by Gasteiger charge is 2.44. The zero-order valence-corrected chi connectivity index (χ0v) is 18.3. The van der Waals surface area contributed by atoms with Crippen LogP contribution in [0.3, 0.4) is 0 Å². The quantitative estimate of drug-likeness (QED) is 0.389. The first-order valence-corrected chi connectivity index (χ1v) is 10.4. The Morgan fingerprint density at radius 3 is 2.33 bits per heavy atom. The monoisotopic (exact) mass is 520 g/mol. The van der Waals surface area contributed by atoms with Gasteiger partial charge >= 0.3 is 18.3 Å². The van der Waals surface area contributed by atoms with Gasteiger partial charge in [0, 0.05) is 11.6 Å². The third-order valence-electron chi connectivity index (χ3n) is 5.02. The third kappa shape index (κ3) is 6.41. The second kappa shape index (κ2) is 10.8. The smallest absolute Gasteiger partial charge is 0.430 e. The van der Waals surface area contributed by atoms with Crippen LogP contribution in [0, 0.1) is 0 Å². The highest BCUT2D eigenvalue weighted by Crippen LogP contribution is 2.32. The highest BCUT2D eigenvalue weighted by atomic mass is 19.4. The molecule has 1 unspecified atom stereocenters. The number of fused-ring (bicyclic) bond motifs is 1. The number of carboxylic acid groups (broad SMARTS) is 1. The summed E-state index contributed by atoms with van der Waals surface area (Å²) in [6.07, 6.45) is -5.35. The predicted octanol–water partition coefficient (Wildman–Crippen LogP) is 0.736. The van der Waals surface area contributed by atoms with E-state index in [4.69, 9.17) is 14.6 Å². The fourth-order valence-corrected chi connectivity index (χ4v) is 3.39. The Bertz CT molecular complexity index is 1190. The van der Waals surface area contributed by atoms with E-state index in [1.165, 1.54) is 24.5 Å². The van der Waals surface area contributed by atoms with Crippen LogP contribution in [0.2, 0.25) is 0 Å². The summed E-state index contributed by atoms with van der Waals surface area (Å²) in [5.41, 5.74) is 0.485. The van der Waals surface area contributed by atoms with Gasteiger partial charge in [-0.3, -0.25) is 9.69 Å². The van der Waals surface area contributed by atoms with Crippen LogP contribution in [-0.2, 0) is 9.53 Å². The van der Waals surface area contributed by atoms with Crippen LogP contribution in [0.4, 0.5) is 32.3 Å². The molecule has 15 heteroatoms. The zero-order chi connectivity index (χ0) is 26.5. The van der Waals surface area contributed by atoms with Gasteiger partial charge in [0.15, 0.2) is 24.0 Å². The molecule has 1 saturated heterocycles. The van der Waals surface area contributed by atoms with E-state index < -0.39 is 30.3 Å². The van der Waals surface area contributed by atoms with Crippen molar-refractivity contribution in [1.29, 1.82) is 0 Å². The number of anilines is 1. The molecule has 0 saturated carbocycles. The summed E-state index contributed by atoms with van der Waals surface area (Å²) in [5.74, 6) is -3.21. The maximum Gasteiger partial charge on any atom is 0.430 e. The van der Waals surface area contributed by atoms with E-state index in [1.54, 1.807) is 28.8 Å². The van der Waals surface area contributed by atoms with Gasteiger partial charge in [-0.15, -0.1) is 0 Å². The minimum absolute atomic E-state index is 0.0706. The normalized spacial score (nSPS) is 15.1. The number of ether oxygens (including phenoxy) is 1. The summed E-state index contributed by atoms with van der Waals surface area (Å²) in [6.45, 7) is 2.30. The lowest BCUT2D eigenvalue weighted by molar-refractivity contribution is -0.497. The molecule has 1 amide bonds. The minimum Gasteiger partial charge on any atom is -0.542 e. The molecular weight excluding hydrogens is 500 g/mol. The number of morpholine rings is 1. The number of aliphatic carboxylic acids is 1. The maximum absolute atomic E-state index is 13.6. The van der Waals surface area contributed by atoms with Crippen molar-refractivity contribution < 1.29 is 55.2 Å². The molecule has 4 rings (SSSR count). The molecule has 0 bridgehead atoms. The molecule has 0 spiro atoms. The van der Waals surface area contributed by atoms with Crippen LogP contribution in [0.15, 0.2) is 48.9 Å². The van der Waals surface area contributed by atoms with Gasteiger partial charge in [0.1, 0.15) is 5.97 Å². The first-order valence-electron chi connectivity index (χ1n) is 10.4. The summed E-state index contributed by atoms with van der Waals surface area (Å²) in [7, 11) is 0. The second-order valence-corrected chi connectivity index (χ2v) is 7.45. The number of H-pyrrole nitrogens is 2. The van der Waals surface area contributed by atoms with Gasteiger partial charge in [-0.05, 0) is 18.2 Å². The van der Waals surface area contributed by atoms with E-state index in [1.807, 2.05) is 4.90 Å². The SMILES string of the molecule is O=C(NC(c1ccc[nH+]c1)C(F)(F)F)c1[nH]c(N2CCOCC2)[n+]2ccccc12.O=C([O-])C(F)(F)F.